The molecule has 4 nitrogen and oxygen atoms in total. The van der Waals surface area contributed by atoms with Crippen LogP contribution in [0.25, 0.3) is 0 Å². The zero-order chi connectivity index (χ0) is 8.27. The average molecular weight is 154 g/mol. The molecule has 0 aliphatic rings. The van der Waals surface area contributed by atoms with E-state index in [1.54, 1.807) is 20.1 Å². The van der Waals surface area contributed by atoms with Crippen LogP contribution in [0.5, 0.6) is 5.75 Å². The van der Waals surface area contributed by atoms with Crippen LogP contribution in [0.4, 0.5) is 0 Å². The molecule has 1 rings (SSSR count). The quantitative estimate of drug-likeness (QED) is 0.675. The molecule has 0 bridgehead atoms. The molecule has 0 saturated carbocycles. The summed E-state index contributed by atoms with van der Waals surface area (Å²) in [4.78, 5) is 0. The summed E-state index contributed by atoms with van der Waals surface area (Å²) in [6, 6.07) is 1.65. The third-order valence-electron chi connectivity index (χ3n) is 1.31. The van der Waals surface area contributed by atoms with Crippen molar-refractivity contribution < 1.29 is 9.84 Å². The Hall–Kier alpha value is -1.16. The van der Waals surface area contributed by atoms with E-state index in [9.17, 15) is 0 Å². The molecule has 0 spiro atoms. The number of ether oxygens (including phenoxy) is 1. The highest BCUT2D eigenvalue weighted by Gasteiger charge is 2.03. The largest absolute Gasteiger partial charge is 0.495 e. The second-order valence-electron chi connectivity index (χ2n) is 2.20. The number of hydrogen-bond donors (Lipinski definition) is 1. The molecule has 11 heavy (non-hydrogen) atoms. The van der Waals surface area contributed by atoms with Crippen molar-refractivity contribution in [3.05, 3.63) is 18.0 Å². The van der Waals surface area contributed by atoms with Gasteiger partial charge in [0.2, 0.25) is 0 Å². The van der Waals surface area contributed by atoms with Crippen LogP contribution < -0.4 is 4.74 Å². The molecule has 0 fully saturated rings. The molecule has 0 amide bonds. The van der Waals surface area contributed by atoms with Gasteiger partial charge < -0.3 is 9.84 Å². The van der Waals surface area contributed by atoms with E-state index in [0.29, 0.717) is 11.4 Å². The van der Waals surface area contributed by atoms with Gasteiger partial charge in [0, 0.05) is 6.07 Å². The van der Waals surface area contributed by atoms with Crippen LogP contribution in [0, 0.1) is 0 Å². The molecule has 0 aliphatic carbocycles. The van der Waals surface area contributed by atoms with E-state index in [-0.39, 0.29) is 0 Å². The first-order chi connectivity index (χ1) is 5.24. The molecule has 60 valence electrons. The minimum atomic E-state index is -0.599. The molecular weight excluding hydrogens is 144 g/mol. The number of rotatable bonds is 2. The third kappa shape index (κ3) is 1.88. The van der Waals surface area contributed by atoms with Gasteiger partial charge in [-0.3, -0.25) is 0 Å². The van der Waals surface area contributed by atoms with E-state index < -0.39 is 6.10 Å². The predicted molar refractivity (Wildman–Crippen MR) is 39.2 cm³/mol. The molecule has 1 atom stereocenters. The lowest BCUT2D eigenvalue weighted by Gasteiger charge is -2.03. The maximum absolute atomic E-state index is 9.09. The summed E-state index contributed by atoms with van der Waals surface area (Å²) in [7, 11) is 1.54. The SMILES string of the molecule is COc1cnnc(C(C)O)c1. The maximum atomic E-state index is 9.09. The van der Waals surface area contributed by atoms with E-state index in [4.69, 9.17) is 9.84 Å². The molecule has 0 aromatic carbocycles. The fourth-order valence-corrected chi connectivity index (χ4v) is 0.680. The summed E-state index contributed by atoms with van der Waals surface area (Å²) in [6.07, 6.45) is 0.892. The van der Waals surface area contributed by atoms with Gasteiger partial charge in [0.15, 0.2) is 0 Å². The maximum Gasteiger partial charge on any atom is 0.140 e. The summed E-state index contributed by atoms with van der Waals surface area (Å²) in [5.74, 6) is 0.607. The van der Waals surface area contributed by atoms with Gasteiger partial charge in [-0.05, 0) is 6.92 Å². The summed E-state index contributed by atoms with van der Waals surface area (Å²) in [6.45, 7) is 1.63. The second kappa shape index (κ2) is 3.30. The van der Waals surface area contributed by atoms with Gasteiger partial charge in [0.05, 0.1) is 25.1 Å². The predicted octanol–water partition coefficient (Wildman–Crippen LogP) is 0.538. The molecule has 0 saturated heterocycles. The lowest BCUT2D eigenvalue weighted by molar-refractivity contribution is 0.192. The lowest BCUT2D eigenvalue weighted by atomic mass is 10.3. The van der Waals surface area contributed by atoms with Crippen molar-refractivity contribution in [1.29, 1.82) is 0 Å². The van der Waals surface area contributed by atoms with E-state index in [2.05, 4.69) is 10.2 Å². The first-order valence-electron chi connectivity index (χ1n) is 3.28. The van der Waals surface area contributed by atoms with E-state index in [1.807, 2.05) is 0 Å². The van der Waals surface area contributed by atoms with Gasteiger partial charge in [-0.15, -0.1) is 0 Å². The molecule has 0 aliphatic heterocycles. The third-order valence-corrected chi connectivity index (χ3v) is 1.31. The van der Waals surface area contributed by atoms with Crippen LogP contribution in [0.1, 0.15) is 18.7 Å². The molecule has 1 unspecified atom stereocenters. The average Bonchev–Trinajstić information content (AvgIpc) is 2.05. The number of hydrogen-bond acceptors (Lipinski definition) is 4. The van der Waals surface area contributed by atoms with E-state index in [0.717, 1.165) is 0 Å². The monoisotopic (exact) mass is 154 g/mol. The Morgan fingerprint density at radius 3 is 2.91 bits per heavy atom. The lowest BCUT2D eigenvalue weighted by Crippen LogP contribution is -1.98. The van der Waals surface area contributed by atoms with Crippen molar-refractivity contribution in [2.24, 2.45) is 0 Å². The zero-order valence-electron chi connectivity index (χ0n) is 6.48. The Balaban J connectivity index is 2.91. The molecule has 1 aromatic heterocycles. The smallest absolute Gasteiger partial charge is 0.140 e. The van der Waals surface area contributed by atoms with Crippen LogP contribution in [0.2, 0.25) is 0 Å². The standard InChI is InChI=1S/C7H10N2O2/c1-5(10)7-3-6(11-2)4-8-9-7/h3-5,10H,1-2H3. The van der Waals surface area contributed by atoms with Crippen molar-refractivity contribution in [3.63, 3.8) is 0 Å². The van der Waals surface area contributed by atoms with Gasteiger partial charge in [-0.2, -0.15) is 10.2 Å². The number of methoxy groups -OCH3 is 1. The fraction of sp³-hybridized carbons (Fsp3) is 0.429. The molecule has 0 radical (unpaired) electrons. The summed E-state index contributed by atoms with van der Waals surface area (Å²) >= 11 is 0. The minimum Gasteiger partial charge on any atom is -0.495 e. The zero-order valence-corrected chi connectivity index (χ0v) is 6.48. The highest BCUT2D eigenvalue weighted by molar-refractivity contribution is 5.19. The summed E-state index contributed by atoms with van der Waals surface area (Å²) in [5, 5.41) is 16.4. The topological polar surface area (TPSA) is 55.2 Å². The summed E-state index contributed by atoms with van der Waals surface area (Å²) in [5.41, 5.74) is 0.518. The molecule has 1 N–H and O–H groups in total. The van der Waals surface area contributed by atoms with Gasteiger partial charge in [0.1, 0.15) is 5.75 Å². The number of nitrogens with zero attached hydrogens (tertiary/aromatic N) is 2. The van der Waals surface area contributed by atoms with Crippen molar-refractivity contribution in [1.82, 2.24) is 10.2 Å². The van der Waals surface area contributed by atoms with Crippen LogP contribution in [0.15, 0.2) is 12.3 Å². The Morgan fingerprint density at radius 1 is 1.64 bits per heavy atom. The van der Waals surface area contributed by atoms with Crippen LogP contribution in [-0.2, 0) is 0 Å². The van der Waals surface area contributed by atoms with Crippen LogP contribution in [0.3, 0.4) is 0 Å². The number of aliphatic hydroxyl groups is 1. The minimum absolute atomic E-state index is 0.518. The van der Waals surface area contributed by atoms with Crippen LogP contribution >= 0.6 is 0 Å². The first kappa shape index (κ1) is 7.94. The highest BCUT2D eigenvalue weighted by atomic mass is 16.5. The van der Waals surface area contributed by atoms with E-state index >= 15 is 0 Å². The number of aromatic nitrogens is 2. The number of aliphatic hydroxyl groups excluding tert-OH is 1. The van der Waals surface area contributed by atoms with Crippen LogP contribution in [-0.4, -0.2) is 22.4 Å². The Morgan fingerprint density at radius 2 is 2.36 bits per heavy atom. The van der Waals surface area contributed by atoms with Gasteiger partial charge in [0.25, 0.3) is 0 Å². The van der Waals surface area contributed by atoms with Crippen molar-refractivity contribution in [2.45, 2.75) is 13.0 Å². The van der Waals surface area contributed by atoms with Crippen molar-refractivity contribution in [3.8, 4) is 5.75 Å². The molecule has 1 heterocycles. The Kier molecular flexibility index (Phi) is 2.38. The molecular formula is C7H10N2O2. The molecule has 4 heteroatoms. The van der Waals surface area contributed by atoms with Gasteiger partial charge in [-0.25, -0.2) is 0 Å². The molecule has 1 aromatic rings. The van der Waals surface area contributed by atoms with Crippen molar-refractivity contribution >= 4 is 0 Å². The normalized spacial score (nSPS) is 12.6. The second-order valence-corrected chi connectivity index (χ2v) is 2.20. The fourth-order valence-electron chi connectivity index (χ4n) is 0.680. The Labute approximate surface area is 64.8 Å². The van der Waals surface area contributed by atoms with Gasteiger partial charge in [-0.1, -0.05) is 0 Å². The van der Waals surface area contributed by atoms with Gasteiger partial charge >= 0.3 is 0 Å². The summed E-state index contributed by atoms with van der Waals surface area (Å²) < 4.78 is 4.89. The van der Waals surface area contributed by atoms with Crippen molar-refractivity contribution in [2.75, 3.05) is 7.11 Å². The Bertz CT molecular complexity index is 238. The van der Waals surface area contributed by atoms with E-state index in [1.165, 1.54) is 6.20 Å². The first-order valence-corrected chi connectivity index (χ1v) is 3.28. The highest BCUT2D eigenvalue weighted by Crippen LogP contribution is 2.13.